The molecule has 0 saturated carbocycles. The van der Waals surface area contributed by atoms with Gasteiger partial charge in [0.15, 0.2) is 0 Å². The van der Waals surface area contributed by atoms with Gasteiger partial charge in [-0.2, -0.15) is 0 Å². The van der Waals surface area contributed by atoms with Gasteiger partial charge in [-0.25, -0.2) is 0 Å². The van der Waals surface area contributed by atoms with E-state index >= 15 is 0 Å². The van der Waals surface area contributed by atoms with Gasteiger partial charge < -0.3 is 15.2 Å². The summed E-state index contributed by atoms with van der Waals surface area (Å²) in [7, 11) is 0. The molecule has 0 saturated heterocycles. The molecule has 1 atom stereocenters. The van der Waals surface area contributed by atoms with Gasteiger partial charge in [0.25, 0.3) is 0 Å². The predicted molar refractivity (Wildman–Crippen MR) is 66.3 cm³/mol. The third-order valence-electron chi connectivity index (χ3n) is 2.41. The Bertz CT molecular complexity index is 348. The molecular weight excluding hydrogens is 218 g/mol. The maximum atomic E-state index is 10.4. The molecule has 1 unspecified atom stereocenters. The van der Waals surface area contributed by atoms with E-state index in [1.165, 1.54) is 0 Å². The Morgan fingerprint density at radius 2 is 2.06 bits per heavy atom. The van der Waals surface area contributed by atoms with Crippen LogP contribution in [-0.2, 0) is 4.79 Å². The molecule has 1 aromatic carbocycles. The molecule has 0 aliphatic rings. The molecule has 0 bridgehead atoms. The molecule has 2 N–H and O–H groups in total. The second-order valence-corrected chi connectivity index (χ2v) is 3.91. The highest BCUT2D eigenvalue weighted by atomic mass is 16.5. The standard InChI is InChI=1S/C13H19NO3/c1-3-8-17-12-6-4-11(5-7-12)10(2)14-9-13(15)16/h4-7,10,14H,3,8-9H2,1-2H3,(H,15,16). The summed E-state index contributed by atoms with van der Waals surface area (Å²) in [5.41, 5.74) is 1.05. The van der Waals surface area contributed by atoms with Crippen LogP contribution in [-0.4, -0.2) is 24.2 Å². The molecule has 0 aliphatic heterocycles. The van der Waals surface area contributed by atoms with Crippen molar-refractivity contribution in [2.75, 3.05) is 13.2 Å². The van der Waals surface area contributed by atoms with Gasteiger partial charge >= 0.3 is 5.97 Å². The van der Waals surface area contributed by atoms with Crippen molar-refractivity contribution in [2.45, 2.75) is 26.3 Å². The van der Waals surface area contributed by atoms with Gasteiger partial charge in [0.1, 0.15) is 5.75 Å². The van der Waals surface area contributed by atoms with Crippen molar-refractivity contribution >= 4 is 5.97 Å². The highest BCUT2D eigenvalue weighted by Crippen LogP contribution is 2.17. The zero-order chi connectivity index (χ0) is 12.7. The maximum absolute atomic E-state index is 10.4. The summed E-state index contributed by atoms with van der Waals surface area (Å²) in [5.74, 6) is 0.000726. The van der Waals surface area contributed by atoms with E-state index in [4.69, 9.17) is 9.84 Å². The van der Waals surface area contributed by atoms with Crippen molar-refractivity contribution in [3.8, 4) is 5.75 Å². The number of carbonyl (C=O) groups is 1. The molecule has 4 nitrogen and oxygen atoms in total. The molecule has 0 spiro atoms. The van der Waals surface area contributed by atoms with E-state index in [-0.39, 0.29) is 12.6 Å². The minimum Gasteiger partial charge on any atom is -0.494 e. The van der Waals surface area contributed by atoms with Gasteiger partial charge in [0, 0.05) is 6.04 Å². The zero-order valence-electron chi connectivity index (χ0n) is 10.3. The fourth-order valence-electron chi connectivity index (χ4n) is 1.43. The van der Waals surface area contributed by atoms with E-state index in [0.717, 1.165) is 17.7 Å². The van der Waals surface area contributed by atoms with Gasteiger partial charge in [-0.15, -0.1) is 0 Å². The van der Waals surface area contributed by atoms with E-state index in [1.54, 1.807) is 0 Å². The number of carboxylic acid groups (broad SMARTS) is 1. The highest BCUT2D eigenvalue weighted by Gasteiger charge is 2.06. The van der Waals surface area contributed by atoms with Crippen LogP contribution in [0.2, 0.25) is 0 Å². The second kappa shape index (κ2) is 6.91. The Hall–Kier alpha value is -1.55. The summed E-state index contributed by atoms with van der Waals surface area (Å²) >= 11 is 0. The van der Waals surface area contributed by atoms with Gasteiger partial charge in [0.05, 0.1) is 13.2 Å². The van der Waals surface area contributed by atoms with Crippen LogP contribution in [0.3, 0.4) is 0 Å². The first-order valence-electron chi connectivity index (χ1n) is 5.81. The Morgan fingerprint density at radius 3 is 2.59 bits per heavy atom. The summed E-state index contributed by atoms with van der Waals surface area (Å²) in [6.45, 7) is 4.68. The van der Waals surface area contributed by atoms with Crippen LogP contribution < -0.4 is 10.1 Å². The number of ether oxygens (including phenoxy) is 1. The second-order valence-electron chi connectivity index (χ2n) is 3.91. The summed E-state index contributed by atoms with van der Waals surface area (Å²) in [4.78, 5) is 10.4. The first-order chi connectivity index (χ1) is 8.13. The molecule has 0 amide bonds. The largest absolute Gasteiger partial charge is 0.494 e. The molecule has 4 heteroatoms. The number of rotatable bonds is 7. The lowest BCUT2D eigenvalue weighted by Gasteiger charge is -2.13. The Kier molecular flexibility index (Phi) is 5.49. The molecule has 0 aromatic heterocycles. The Labute approximate surface area is 102 Å². The summed E-state index contributed by atoms with van der Waals surface area (Å²) in [5, 5.41) is 11.5. The van der Waals surface area contributed by atoms with E-state index in [9.17, 15) is 4.79 Å². The molecule has 0 aliphatic carbocycles. The normalized spacial score (nSPS) is 12.1. The van der Waals surface area contributed by atoms with Crippen molar-refractivity contribution in [3.63, 3.8) is 0 Å². The number of hydrogen-bond acceptors (Lipinski definition) is 3. The minimum atomic E-state index is -0.847. The average Bonchev–Trinajstić information content (AvgIpc) is 2.34. The van der Waals surface area contributed by atoms with Gasteiger partial charge in [0.2, 0.25) is 0 Å². The zero-order valence-corrected chi connectivity index (χ0v) is 10.3. The Morgan fingerprint density at radius 1 is 1.41 bits per heavy atom. The fraction of sp³-hybridized carbons (Fsp3) is 0.462. The quantitative estimate of drug-likeness (QED) is 0.763. The average molecular weight is 237 g/mol. The van der Waals surface area contributed by atoms with Crippen molar-refractivity contribution in [1.82, 2.24) is 5.32 Å². The maximum Gasteiger partial charge on any atom is 0.317 e. The lowest BCUT2D eigenvalue weighted by molar-refractivity contribution is -0.136. The summed E-state index contributed by atoms with van der Waals surface area (Å²) < 4.78 is 5.47. The number of hydrogen-bond donors (Lipinski definition) is 2. The van der Waals surface area contributed by atoms with Crippen LogP contribution in [0, 0.1) is 0 Å². The first-order valence-corrected chi connectivity index (χ1v) is 5.81. The minimum absolute atomic E-state index is 0.0197. The van der Waals surface area contributed by atoms with Crippen LogP contribution in [0.25, 0.3) is 0 Å². The van der Waals surface area contributed by atoms with Gasteiger partial charge in [-0.05, 0) is 31.0 Å². The molecular formula is C13H19NO3. The third kappa shape index (κ3) is 4.87. The van der Waals surface area contributed by atoms with Crippen LogP contribution in [0.4, 0.5) is 0 Å². The molecule has 1 rings (SSSR count). The lowest BCUT2D eigenvalue weighted by atomic mass is 10.1. The molecule has 0 heterocycles. The molecule has 94 valence electrons. The predicted octanol–water partition coefficient (Wildman–Crippen LogP) is 2.21. The molecule has 0 fully saturated rings. The molecule has 1 aromatic rings. The van der Waals surface area contributed by atoms with Crippen molar-refractivity contribution in [2.24, 2.45) is 0 Å². The Balaban J connectivity index is 2.51. The SMILES string of the molecule is CCCOc1ccc(C(C)NCC(=O)O)cc1. The van der Waals surface area contributed by atoms with Crippen LogP contribution >= 0.6 is 0 Å². The monoisotopic (exact) mass is 237 g/mol. The number of benzene rings is 1. The van der Waals surface area contributed by atoms with Crippen molar-refractivity contribution in [1.29, 1.82) is 0 Å². The smallest absolute Gasteiger partial charge is 0.317 e. The van der Waals surface area contributed by atoms with Crippen molar-refractivity contribution < 1.29 is 14.6 Å². The first kappa shape index (κ1) is 13.5. The van der Waals surface area contributed by atoms with E-state index < -0.39 is 5.97 Å². The highest BCUT2D eigenvalue weighted by molar-refractivity contribution is 5.69. The van der Waals surface area contributed by atoms with Crippen LogP contribution in [0.15, 0.2) is 24.3 Å². The number of nitrogens with one attached hydrogen (secondary N) is 1. The lowest BCUT2D eigenvalue weighted by Crippen LogP contribution is -2.25. The van der Waals surface area contributed by atoms with E-state index in [0.29, 0.717) is 6.61 Å². The van der Waals surface area contributed by atoms with E-state index in [1.807, 2.05) is 31.2 Å². The topological polar surface area (TPSA) is 58.6 Å². The fourth-order valence-corrected chi connectivity index (χ4v) is 1.43. The van der Waals surface area contributed by atoms with Gasteiger partial charge in [-0.3, -0.25) is 4.79 Å². The van der Waals surface area contributed by atoms with Crippen LogP contribution in [0.5, 0.6) is 5.75 Å². The van der Waals surface area contributed by atoms with Crippen LogP contribution in [0.1, 0.15) is 31.9 Å². The van der Waals surface area contributed by atoms with Gasteiger partial charge in [-0.1, -0.05) is 19.1 Å². The van der Waals surface area contributed by atoms with Crippen molar-refractivity contribution in [3.05, 3.63) is 29.8 Å². The number of carboxylic acids is 1. The summed E-state index contributed by atoms with van der Waals surface area (Å²) in [6.07, 6.45) is 0.984. The molecule has 17 heavy (non-hydrogen) atoms. The molecule has 0 radical (unpaired) electrons. The third-order valence-corrected chi connectivity index (χ3v) is 2.41. The van der Waals surface area contributed by atoms with E-state index in [2.05, 4.69) is 12.2 Å². The summed E-state index contributed by atoms with van der Waals surface area (Å²) in [6, 6.07) is 7.73. The number of aliphatic carboxylic acids is 1.